The van der Waals surface area contributed by atoms with E-state index in [0.29, 0.717) is 45.8 Å². The third-order valence-electron chi connectivity index (χ3n) is 5.51. The number of hydrogen-bond donors (Lipinski definition) is 0. The summed E-state index contributed by atoms with van der Waals surface area (Å²) in [6.07, 6.45) is 0.698. The van der Waals surface area contributed by atoms with E-state index in [1.165, 1.54) is 0 Å². The van der Waals surface area contributed by atoms with Crippen LogP contribution in [0.2, 0.25) is 5.02 Å². The molecule has 26 heavy (non-hydrogen) atoms. The van der Waals surface area contributed by atoms with Crippen molar-refractivity contribution in [3.63, 3.8) is 0 Å². The lowest BCUT2D eigenvalue weighted by atomic mass is 10.2. The molecule has 2 amide bonds. The molecule has 7 heteroatoms. The predicted molar refractivity (Wildman–Crippen MR) is 99.2 cm³/mol. The van der Waals surface area contributed by atoms with Crippen LogP contribution in [-0.2, 0) is 14.3 Å². The molecular weight excluding hydrogens is 354 g/mol. The van der Waals surface area contributed by atoms with E-state index in [1.807, 2.05) is 34.1 Å². The van der Waals surface area contributed by atoms with Gasteiger partial charge in [-0.1, -0.05) is 17.7 Å². The van der Waals surface area contributed by atoms with Gasteiger partial charge in [0, 0.05) is 50.0 Å². The quantitative estimate of drug-likeness (QED) is 0.800. The Labute approximate surface area is 158 Å². The summed E-state index contributed by atoms with van der Waals surface area (Å²) < 4.78 is 5.29. The second kappa shape index (κ2) is 7.45. The van der Waals surface area contributed by atoms with Crippen LogP contribution in [0, 0.1) is 11.8 Å². The number of morpholine rings is 1. The Balaban J connectivity index is 1.28. The first kappa shape index (κ1) is 17.6. The summed E-state index contributed by atoms with van der Waals surface area (Å²) in [5.74, 6) is 0.0289. The van der Waals surface area contributed by atoms with E-state index in [1.54, 1.807) is 0 Å². The lowest BCUT2D eigenvalue weighted by Crippen LogP contribution is -2.49. The van der Waals surface area contributed by atoms with E-state index in [4.69, 9.17) is 16.3 Å². The number of carbonyl (C=O) groups excluding carboxylic acids is 2. The van der Waals surface area contributed by atoms with E-state index < -0.39 is 0 Å². The van der Waals surface area contributed by atoms with Crippen LogP contribution in [-0.4, -0.2) is 74.1 Å². The number of amides is 2. The zero-order valence-electron chi connectivity index (χ0n) is 14.8. The SMILES string of the molecule is O=C(C1CC1C(=O)N1CCN(c2cccc(Cl)c2)CC1)N1CCOCC1. The molecule has 140 valence electrons. The average molecular weight is 378 g/mol. The lowest BCUT2D eigenvalue weighted by molar-refractivity contribution is -0.140. The van der Waals surface area contributed by atoms with E-state index in [2.05, 4.69) is 4.90 Å². The number of carbonyl (C=O) groups is 2. The molecule has 2 heterocycles. The van der Waals surface area contributed by atoms with Crippen LogP contribution in [0.4, 0.5) is 5.69 Å². The molecule has 2 atom stereocenters. The number of anilines is 1. The van der Waals surface area contributed by atoms with Gasteiger partial charge in [0.15, 0.2) is 0 Å². The Kier molecular flexibility index (Phi) is 5.05. The number of ether oxygens (including phenoxy) is 1. The molecule has 0 spiro atoms. The number of rotatable bonds is 3. The van der Waals surface area contributed by atoms with Gasteiger partial charge in [-0.2, -0.15) is 0 Å². The topological polar surface area (TPSA) is 53.1 Å². The van der Waals surface area contributed by atoms with Crippen LogP contribution in [0.5, 0.6) is 0 Å². The van der Waals surface area contributed by atoms with Crippen LogP contribution in [0.3, 0.4) is 0 Å². The molecule has 6 nitrogen and oxygen atoms in total. The molecule has 1 saturated carbocycles. The highest BCUT2D eigenvalue weighted by molar-refractivity contribution is 6.30. The number of hydrogen-bond acceptors (Lipinski definition) is 4. The second-order valence-corrected chi connectivity index (χ2v) is 7.61. The van der Waals surface area contributed by atoms with Gasteiger partial charge >= 0.3 is 0 Å². The highest BCUT2D eigenvalue weighted by Crippen LogP contribution is 2.41. The van der Waals surface area contributed by atoms with Gasteiger partial charge < -0.3 is 19.4 Å². The van der Waals surface area contributed by atoms with Crippen molar-refractivity contribution in [2.24, 2.45) is 11.8 Å². The highest BCUT2D eigenvalue weighted by Gasteiger charge is 2.51. The highest BCUT2D eigenvalue weighted by atomic mass is 35.5. The fourth-order valence-corrected chi connectivity index (χ4v) is 4.04. The largest absolute Gasteiger partial charge is 0.378 e. The lowest BCUT2D eigenvalue weighted by Gasteiger charge is -2.36. The summed E-state index contributed by atoms with van der Waals surface area (Å²) in [7, 11) is 0. The van der Waals surface area contributed by atoms with Crippen LogP contribution >= 0.6 is 11.6 Å². The third kappa shape index (κ3) is 3.67. The first-order valence-corrected chi connectivity index (χ1v) is 9.67. The van der Waals surface area contributed by atoms with Crippen molar-refractivity contribution in [3.05, 3.63) is 29.3 Å². The van der Waals surface area contributed by atoms with Crippen molar-refractivity contribution >= 4 is 29.1 Å². The van der Waals surface area contributed by atoms with E-state index in [9.17, 15) is 9.59 Å². The molecule has 2 aliphatic heterocycles. The summed E-state index contributed by atoms with van der Waals surface area (Å²) in [5, 5.41) is 0.725. The molecule has 3 aliphatic rings. The fraction of sp³-hybridized carbons (Fsp3) is 0.579. The molecule has 0 N–H and O–H groups in total. The first-order chi connectivity index (χ1) is 12.6. The van der Waals surface area contributed by atoms with Gasteiger partial charge in [0.05, 0.1) is 25.0 Å². The maximum absolute atomic E-state index is 12.7. The Hall–Kier alpha value is -1.79. The predicted octanol–water partition coefficient (Wildman–Crippen LogP) is 1.48. The Morgan fingerprint density at radius 3 is 2.15 bits per heavy atom. The first-order valence-electron chi connectivity index (χ1n) is 9.29. The van der Waals surface area contributed by atoms with E-state index in [-0.39, 0.29) is 23.7 Å². The normalized spacial score (nSPS) is 26.0. The molecule has 0 bridgehead atoms. The molecule has 2 saturated heterocycles. The summed E-state index contributed by atoms with van der Waals surface area (Å²) in [5.41, 5.74) is 1.09. The third-order valence-corrected chi connectivity index (χ3v) is 5.75. The van der Waals surface area contributed by atoms with Crippen molar-refractivity contribution in [1.29, 1.82) is 0 Å². The molecule has 3 fully saturated rings. The second-order valence-electron chi connectivity index (χ2n) is 7.18. The number of piperazine rings is 1. The summed E-state index contributed by atoms with van der Waals surface area (Å²) >= 11 is 6.07. The molecule has 1 aromatic rings. The number of benzene rings is 1. The summed E-state index contributed by atoms with van der Waals surface area (Å²) in [6.45, 7) is 5.47. The van der Waals surface area contributed by atoms with E-state index >= 15 is 0 Å². The number of nitrogens with zero attached hydrogens (tertiary/aromatic N) is 3. The van der Waals surface area contributed by atoms with Gasteiger partial charge in [0.2, 0.25) is 11.8 Å². The maximum atomic E-state index is 12.7. The fourth-order valence-electron chi connectivity index (χ4n) is 3.85. The smallest absolute Gasteiger partial charge is 0.226 e. The summed E-state index contributed by atoms with van der Waals surface area (Å²) in [6, 6.07) is 7.81. The molecule has 1 aromatic carbocycles. The molecule has 0 aromatic heterocycles. The molecule has 4 rings (SSSR count). The molecule has 2 unspecified atom stereocenters. The molecule has 0 radical (unpaired) electrons. The Morgan fingerprint density at radius 2 is 1.54 bits per heavy atom. The van der Waals surface area contributed by atoms with Crippen molar-refractivity contribution in [3.8, 4) is 0 Å². The maximum Gasteiger partial charge on any atom is 0.226 e. The summed E-state index contributed by atoms with van der Waals surface area (Å²) in [4.78, 5) is 31.3. The Morgan fingerprint density at radius 1 is 0.923 bits per heavy atom. The van der Waals surface area contributed by atoms with Gasteiger partial charge in [-0.25, -0.2) is 0 Å². The van der Waals surface area contributed by atoms with Crippen molar-refractivity contribution in [2.75, 3.05) is 57.4 Å². The van der Waals surface area contributed by atoms with Gasteiger partial charge in [-0.3, -0.25) is 9.59 Å². The van der Waals surface area contributed by atoms with Gasteiger partial charge in [0.1, 0.15) is 0 Å². The van der Waals surface area contributed by atoms with E-state index in [0.717, 1.165) is 23.8 Å². The molecular formula is C19H24ClN3O3. The standard InChI is InChI=1S/C19H24ClN3O3/c20-14-2-1-3-15(12-14)21-4-6-22(7-5-21)18(24)16-13-17(16)19(25)23-8-10-26-11-9-23/h1-3,12,16-17H,4-11,13H2. The average Bonchev–Trinajstić information content (AvgIpc) is 3.48. The van der Waals surface area contributed by atoms with Gasteiger partial charge in [0.25, 0.3) is 0 Å². The van der Waals surface area contributed by atoms with Gasteiger partial charge in [-0.15, -0.1) is 0 Å². The number of halogens is 1. The minimum Gasteiger partial charge on any atom is -0.378 e. The monoisotopic (exact) mass is 377 g/mol. The van der Waals surface area contributed by atoms with Crippen molar-refractivity contribution < 1.29 is 14.3 Å². The van der Waals surface area contributed by atoms with Crippen LogP contribution in [0.25, 0.3) is 0 Å². The van der Waals surface area contributed by atoms with Gasteiger partial charge in [-0.05, 0) is 24.6 Å². The van der Waals surface area contributed by atoms with Crippen molar-refractivity contribution in [2.45, 2.75) is 6.42 Å². The minimum atomic E-state index is -0.122. The zero-order chi connectivity index (χ0) is 18.1. The van der Waals surface area contributed by atoms with Crippen LogP contribution < -0.4 is 4.90 Å². The van der Waals surface area contributed by atoms with Crippen molar-refractivity contribution in [1.82, 2.24) is 9.80 Å². The zero-order valence-corrected chi connectivity index (χ0v) is 15.5. The molecule has 1 aliphatic carbocycles. The van der Waals surface area contributed by atoms with Crippen LogP contribution in [0.1, 0.15) is 6.42 Å². The minimum absolute atomic E-state index is 0.119. The van der Waals surface area contributed by atoms with Crippen LogP contribution in [0.15, 0.2) is 24.3 Å². The Bertz CT molecular complexity index is 684.